The molecule has 1 unspecified atom stereocenters. The molecule has 1 aliphatic carbocycles. The van der Waals surface area contributed by atoms with E-state index in [9.17, 15) is 8.78 Å². The number of halogens is 2. The molecular weight excluding hydrogens is 244 g/mol. The lowest BCUT2D eigenvalue weighted by Gasteiger charge is -2.38. The molecule has 0 saturated heterocycles. The monoisotopic (exact) mass is 267 g/mol. The van der Waals surface area contributed by atoms with Gasteiger partial charge in [0, 0.05) is 6.04 Å². The first-order valence-electron chi connectivity index (χ1n) is 7.31. The SMILES string of the molecule is CCNC(c1ccc(F)c(F)c1)C1(CC)CCCC1. The third kappa shape index (κ3) is 2.81. The molecule has 0 amide bonds. The molecule has 0 aliphatic heterocycles. The minimum absolute atomic E-state index is 0.125. The first-order valence-corrected chi connectivity index (χ1v) is 7.31. The smallest absolute Gasteiger partial charge is 0.159 e. The van der Waals surface area contributed by atoms with E-state index in [-0.39, 0.29) is 11.5 Å². The van der Waals surface area contributed by atoms with Gasteiger partial charge in [-0.2, -0.15) is 0 Å². The van der Waals surface area contributed by atoms with Crippen LogP contribution in [0.3, 0.4) is 0 Å². The molecule has 0 aromatic heterocycles. The fraction of sp³-hybridized carbons (Fsp3) is 0.625. The Balaban J connectivity index is 2.35. The first-order chi connectivity index (χ1) is 9.13. The number of rotatable bonds is 5. The second kappa shape index (κ2) is 6.00. The van der Waals surface area contributed by atoms with E-state index < -0.39 is 11.6 Å². The summed E-state index contributed by atoms with van der Waals surface area (Å²) in [5, 5.41) is 3.49. The van der Waals surface area contributed by atoms with Crippen molar-refractivity contribution in [1.29, 1.82) is 0 Å². The highest BCUT2D eigenvalue weighted by molar-refractivity contribution is 5.24. The molecule has 1 fully saturated rings. The van der Waals surface area contributed by atoms with Crippen molar-refractivity contribution in [3.05, 3.63) is 35.4 Å². The number of hydrogen-bond donors (Lipinski definition) is 1. The zero-order chi connectivity index (χ0) is 13.9. The average molecular weight is 267 g/mol. The Hall–Kier alpha value is -0.960. The van der Waals surface area contributed by atoms with Crippen LogP contribution in [0.4, 0.5) is 8.78 Å². The topological polar surface area (TPSA) is 12.0 Å². The van der Waals surface area contributed by atoms with Gasteiger partial charge in [-0.25, -0.2) is 8.78 Å². The van der Waals surface area contributed by atoms with Gasteiger partial charge in [-0.1, -0.05) is 32.8 Å². The van der Waals surface area contributed by atoms with Crippen LogP contribution in [0.15, 0.2) is 18.2 Å². The van der Waals surface area contributed by atoms with Crippen LogP contribution in [0, 0.1) is 17.0 Å². The van der Waals surface area contributed by atoms with Gasteiger partial charge in [-0.05, 0) is 48.9 Å². The average Bonchev–Trinajstić information content (AvgIpc) is 2.89. The second-order valence-corrected chi connectivity index (χ2v) is 5.59. The summed E-state index contributed by atoms with van der Waals surface area (Å²) in [6.07, 6.45) is 5.88. The lowest BCUT2D eigenvalue weighted by atomic mass is 9.73. The van der Waals surface area contributed by atoms with E-state index in [0.29, 0.717) is 0 Å². The van der Waals surface area contributed by atoms with E-state index in [0.717, 1.165) is 18.5 Å². The lowest BCUT2D eigenvalue weighted by molar-refractivity contribution is 0.188. The second-order valence-electron chi connectivity index (χ2n) is 5.59. The van der Waals surface area contributed by atoms with Crippen molar-refractivity contribution in [2.75, 3.05) is 6.54 Å². The molecule has 3 heteroatoms. The predicted molar refractivity (Wildman–Crippen MR) is 74.0 cm³/mol. The largest absolute Gasteiger partial charge is 0.310 e. The van der Waals surface area contributed by atoms with Crippen LogP contribution in [-0.4, -0.2) is 6.54 Å². The third-order valence-corrected chi connectivity index (χ3v) is 4.60. The zero-order valence-corrected chi connectivity index (χ0v) is 11.8. The standard InChI is InChI=1S/C16H23F2N/c1-3-16(9-5-6-10-16)15(19-4-2)12-7-8-13(17)14(18)11-12/h7-8,11,15,19H,3-6,9-10H2,1-2H3. The maximum absolute atomic E-state index is 13.5. The van der Waals surface area contributed by atoms with E-state index >= 15 is 0 Å². The quantitative estimate of drug-likeness (QED) is 0.823. The summed E-state index contributed by atoms with van der Waals surface area (Å²) in [4.78, 5) is 0. The fourth-order valence-corrected chi connectivity index (χ4v) is 3.51. The van der Waals surface area contributed by atoms with Crippen molar-refractivity contribution >= 4 is 0 Å². The van der Waals surface area contributed by atoms with Gasteiger partial charge in [0.05, 0.1) is 0 Å². The first kappa shape index (κ1) is 14.4. The Bertz CT molecular complexity index is 425. The number of nitrogens with one attached hydrogen (secondary N) is 1. The van der Waals surface area contributed by atoms with Crippen LogP contribution in [0.5, 0.6) is 0 Å². The zero-order valence-electron chi connectivity index (χ0n) is 11.8. The van der Waals surface area contributed by atoms with E-state index in [1.807, 2.05) is 0 Å². The number of hydrogen-bond acceptors (Lipinski definition) is 1. The van der Waals surface area contributed by atoms with Crippen molar-refractivity contribution in [2.45, 2.75) is 52.0 Å². The molecule has 1 nitrogen and oxygen atoms in total. The van der Waals surface area contributed by atoms with Crippen LogP contribution in [0.2, 0.25) is 0 Å². The Morgan fingerprint density at radius 3 is 2.37 bits per heavy atom. The van der Waals surface area contributed by atoms with Gasteiger partial charge < -0.3 is 5.32 Å². The molecule has 1 aromatic carbocycles. The lowest BCUT2D eigenvalue weighted by Crippen LogP contribution is -2.36. The normalized spacial score (nSPS) is 19.6. The molecule has 0 heterocycles. The molecule has 2 rings (SSSR count). The van der Waals surface area contributed by atoms with Crippen LogP contribution in [0.25, 0.3) is 0 Å². The van der Waals surface area contributed by atoms with E-state index in [1.165, 1.54) is 37.8 Å². The molecule has 1 aliphatic rings. The maximum Gasteiger partial charge on any atom is 0.159 e. The minimum atomic E-state index is -0.768. The Morgan fingerprint density at radius 1 is 1.16 bits per heavy atom. The molecule has 1 saturated carbocycles. The molecule has 1 N–H and O–H groups in total. The predicted octanol–water partition coefficient (Wildman–Crippen LogP) is 4.59. The highest BCUT2D eigenvalue weighted by Gasteiger charge is 2.40. The Morgan fingerprint density at radius 2 is 1.84 bits per heavy atom. The van der Waals surface area contributed by atoms with Crippen LogP contribution in [-0.2, 0) is 0 Å². The van der Waals surface area contributed by atoms with Gasteiger partial charge >= 0.3 is 0 Å². The summed E-state index contributed by atoms with van der Waals surface area (Å²) < 4.78 is 26.6. The van der Waals surface area contributed by atoms with Crippen LogP contribution in [0.1, 0.15) is 57.6 Å². The van der Waals surface area contributed by atoms with Crippen LogP contribution >= 0.6 is 0 Å². The van der Waals surface area contributed by atoms with Gasteiger partial charge in [0.2, 0.25) is 0 Å². The third-order valence-electron chi connectivity index (χ3n) is 4.60. The van der Waals surface area contributed by atoms with Gasteiger partial charge in [0.25, 0.3) is 0 Å². The molecule has 0 bridgehead atoms. The highest BCUT2D eigenvalue weighted by atomic mass is 19.2. The van der Waals surface area contributed by atoms with Gasteiger partial charge in [0.1, 0.15) is 0 Å². The molecule has 106 valence electrons. The molecule has 19 heavy (non-hydrogen) atoms. The van der Waals surface area contributed by atoms with Gasteiger partial charge in [0.15, 0.2) is 11.6 Å². The summed E-state index contributed by atoms with van der Waals surface area (Å²) in [5.74, 6) is -1.51. The van der Waals surface area contributed by atoms with Gasteiger partial charge in [-0.3, -0.25) is 0 Å². The van der Waals surface area contributed by atoms with Crippen molar-refractivity contribution in [2.24, 2.45) is 5.41 Å². The van der Waals surface area contributed by atoms with E-state index in [2.05, 4.69) is 19.2 Å². The van der Waals surface area contributed by atoms with E-state index in [4.69, 9.17) is 0 Å². The molecule has 0 spiro atoms. The summed E-state index contributed by atoms with van der Waals surface area (Å²) in [6, 6.07) is 4.45. The van der Waals surface area contributed by atoms with Crippen molar-refractivity contribution < 1.29 is 8.78 Å². The van der Waals surface area contributed by atoms with Crippen molar-refractivity contribution in [1.82, 2.24) is 5.32 Å². The molecule has 1 atom stereocenters. The number of benzene rings is 1. The minimum Gasteiger partial charge on any atom is -0.310 e. The molecule has 0 radical (unpaired) electrons. The van der Waals surface area contributed by atoms with Crippen LogP contribution < -0.4 is 5.32 Å². The van der Waals surface area contributed by atoms with Crippen molar-refractivity contribution in [3.8, 4) is 0 Å². The Labute approximate surface area is 114 Å². The molecular formula is C16H23F2N. The van der Waals surface area contributed by atoms with Crippen molar-refractivity contribution in [3.63, 3.8) is 0 Å². The summed E-state index contributed by atoms with van der Waals surface area (Å²) in [7, 11) is 0. The summed E-state index contributed by atoms with van der Waals surface area (Å²) in [5.41, 5.74) is 1.07. The highest BCUT2D eigenvalue weighted by Crippen LogP contribution is 2.50. The fourth-order valence-electron chi connectivity index (χ4n) is 3.51. The molecule has 1 aromatic rings. The van der Waals surface area contributed by atoms with Gasteiger partial charge in [-0.15, -0.1) is 0 Å². The summed E-state index contributed by atoms with van der Waals surface area (Å²) >= 11 is 0. The van der Waals surface area contributed by atoms with E-state index in [1.54, 1.807) is 6.07 Å². The Kier molecular flexibility index (Phi) is 4.56. The summed E-state index contributed by atoms with van der Waals surface area (Å²) in [6.45, 7) is 5.10. The maximum atomic E-state index is 13.5.